The van der Waals surface area contributed by atoms with Gasteiger partial charge in [0.25, 0.3) is 0 Å². The largest absolute Gasteiger partial charge is 0.466 e. The Bertz CT molecular complexity index is 1080. The van der Waals surface area contributed by atoms with Gasteiger partial charge >= 0.3 is 5.97 Å². The first kappa shape index (κ1) is 67.3. The van der Waals surface area contributed by atoms with Crippen LogP contribution in [-0.2, 0) is 14.3 Å². The van der Waals surface area contributed by atoms with Crippen LogP contribution in [0.4, 0.5) is 0 Å². The second-order valence-electron chi connectivity index (χ2n) is 21.4. The lowest BCUT2D eigenvalue weighted by molar-refractivity contribution is -0.143. The molecule has 0 aliphatic rings. The zero-order valence-corrected chi connectivity index (χ0v) is 46.6. The number of esters is 1. The number of hydrogen-bond acceptors (Lipinski definition) is 5. The smallest absolute Gasteiger partial charge is 0.305 e. The number of allylic oxidation sites excluding steroid dienone is 3. The molecule has 0 fully saturated rings. The number of aliphatic hydroxyl groups excluding tert-OH is 2. The Balaban J connectivity index is 3.36. The first-order valence-corrected chi connectivity index (χ1v) is 31.1. The van der Waals surface area contributed by atoms with Gasteiger partial charge in [-0.05, 0) is 57.8 Å². The summed E-state index contributed by atoms with van der Waals surface area (Å²) < 4.78 is 5.47. The van der Waals surface area contributed by atoms with Crippen molar-refractivity contribution < 1.29 is 24.5 Å². The average Bonchev–Trinajstić information content (AvgIpc) is 3.35. The van der Waals surface area contributed by atoms with E-state index in [4.69, 9.17) is 4.74 Å². The standard InChI is InChI=1S/C63H121NO5/c1-3-5-7-9-11-13-15-31-35-39-43-47-51-55-61(66)60(59-65)64-62(67)56-52-48-44-40-36-33-29-27-25-23-21-19-17-18-20-22-24-26-28-30-34-38-42-46-50-54-58-69-63(68)57-53-49-45-41-37-32-16-14-12-10-8-6-4-2/h14,16,51,55,60-61,65-66H,3-13,15,17-50,52-54,56-59H2,1-2H3,(H,64,67)/b16-14-,55-51+. The summed E-state index contributed by atoms with van der Waals surface area (Å²) in [6.07, 6.45) is 72.3. The summed E-state index contributed by atoms with van der Waals surface area (Å²) in [4.78, 5) is 24.5. The topological polar surface area (TPSA) is 95.9 Å². The number of hydrogen-bond donors (Lipinski definition) is 3. The monoisotopic (exact) mass is 972 g/mol. The molecule has 0 rings (SSSR count). The predicted octanol–water partition coefficient (Wildman–Crippen LogP) is 19.4. The quantitative estimate of drug-likeness (QED) is 0.0321. The molecule has 0 saturated heterocycles. The second kappa shape index (κ2) is 58.9. The van der Waals surface area contributed by atoms with E-state index in [0.717, 1.165) is 44.9 Å². The number of carbonyl (C=O) groups is 2. The van der Waals surface area contributed by atoms with Gasteiger partial charge < -0.3 is 20.3 Å². The molecule has 408 valence electrons. The van der Waals surface area contributed by atoms with Crippen molar-refractivity contribution >= 4 is 11.9 Å². The van der Waals surface area contributed by atoms with Crippen LogP contribution in [0.2, 0.25) is 0 Å². The average molecular weight is 973 g/mol. The van der Waals surface area contributed by atoms with E-state index < -0.39 is 12.1 Å². The number of rotatable bonds is 58. The summed E-state index contributed by atoms with van der Waals surface area (Å²) in [6.45, 7) is 4.90. The van der Waals surface area contributed by atoms with Gasteiger partial charge in [-0.25, -0.2) is 0 Å². The first-order valence-electron chi connectivity index (χ1n) is 31.1. The van der Waals surface area contributed by atoms with Crippen molar-refractivity contribution in [3.05, 3.63) is 24.3 Å². The molecular formula is C63H121NO5. The number of aliphatic hydroxyl groups is 2. The fraction of sp³-hybridized carbons (Fsp3) is 0.905. The van der Waals surface area contributed by atoms with Gasteiger partial charge in [-0.15, -0.1) is 0 Å². The molecule has 6 nitrogen and oxygen atoms in total. The van der Waals surface area contributed by atoms with Gasteiger partial charge in [0.2, 0.25) is 5.91 Å². The normalized spacial score (nSPS) is 12.7. The van der Waals surface area contributed by atoms with Crippen LogP contribution in [0.1, 0.15) is 341 Å². The maximum absolute atomic E-state index is 12.4. The number of ether oxygens (including phenoxy) is 1. The third-order valence-corrected chi connectivity index (χ3v) is 14.5. The van der Waals surface area contributed by atoms with Crippen molar-refractivity contribution in [1.29, 1.82) is 0 Å². The van der Waals surface area contributed by atoms with Crippen molar-refractivity contribution in [3.8, 4) is 0 Å². The van der Waals surface area contributed by atoms with E-state index in [1.807, 2.05) is 6.08 Å². The van der Waals surface area contributed by atoms with Gasteiger partial charge in [-0.1, -0.05) is 295 Å². The highest BCUT2D eigenvalue weighted by Gasteiger charge is 2.18. The van der Waals surface area contributed by atoms with E-state index in [9.17, 15) is 19.8 Å². The number of amides is 1. The summed E-state index contributed by atoms with van der Waals surface area (Å²) >= 11 is 0. The summed E-state index contributed by atoms with van der Waals surface area (Å²) in [5.41, 5.74) is 0. The van der Waals surface area contributed by atoms with Crippen LogP contribution in [0.15, 0.2) is 24.3 Å². The fourth-order valence-electron chi connectivity index (χ4n) is 9.69. The van der Waals surface area contributed by atoms with Crippen LogP contribution >= 0.6 is 0 Å². The Hall–Kier alpha value is -1.66. The van der Waals surface area contributed by atoms with Gasteiger partial charge in [0, 0.05) is 12.8 Å². The molecule has 69 heavy (non-hydrogen) atoms. The Kier molecular flexibility index (Phi) is 57.5. The highest BCUT2D eigenvalue weighted by atomic mass is 16.5. The molecule has 6 heteroatoms. The van der Waals surface area contributed by atoms with Crippen LogP contribution in [0.3, 0.4) is 0 Å². The number of nitrogens with one attached hydrogen (secondary N) is 1. The lowest BCUT2D eigenvalue weighted by atomic mass is 10.0. The van der Waals surface area contributed by atoms with Crippen molar-refractivity contribution in [1.82, 2.24) is 5.32 Å². The molecular weight excluding hydrogens is 851 g/mol. The number of carbonyl (C=O) groups excluding carboxylic acids is 2. The zero-order valence-electron chi connectivity index (χ0n) is 46.6. The van der Waals surface area contributed by atoms with E-state index in [0.29, 0.717) is 19.4 Å². The summed E-state index contributed by atoms with van der Waals surface area (Å²) in [5.74, 6) is -0.0572. The van der Waals surface area contributed by atoms with Gasteiger partial charge in [-0.3, -0.25) is 9.59 Å². The summed E-state index contributed by atoms with van der Waals surface area (Å²) in [7, 11) is 0. The van der Waals surface area contributed by atoms with Crippen LogP contribution in [0.5, 0.6) is 0 Å². The van der Waals surface area contributed by atoms with Crippen molar-refractivity contribution in [2.45, 2.75) is 353 Å². The Labute approximate surface area is 431 Å². The molecule has 0 aliphatic heterocycles. The third-order valence-electron chi connectivity index (χ3n) is 14.5. The molecule has 0 aromatic carbocycles. The SMILES string of the molecule is CCCCCC/C=C\CCCCCCCC(=O)OCCCCCCCCCCCCCCCCCCCCCCCCCCCCC(=O)NC(CO)C(O)/C=C/CCCCCCCCCCCCC. The summed E-state index contributed by atoms with van der Waals surface area (Å²) in [5, 5.41) is 23.1. The van der Waals surface area contributed by atoms with Gasteiger partial charge in [0.15, 0.2) is 0 Å². The predicted molar refractivity (Wildman–Crippen MR) is 301 cm³/mol. The van der Waals surface area contributed by atoms with E-state index >= 15 is 0 Å². The van der Waals surface area contributed by atoms with Crippen LogP contribution in [0, 0.1) is 0 Å². The van der Waals surface area contributed by atoms with Crippen molar-refractivity contribution in [2.24, 2.45) is 0 Å². The first-order chi connectivity index (χ1) is 34.0. The van der Waals surface area contributed by atoms with Gasteiger partial charge in [0.05, 0.1) is 25.4 Å². The number of unbranched alkanes of at least 4 members (excludes halogenated alkanes) is 45. The Morgan fingerprint density at radius 1 is 0.391 bits per heavy atom. The minimum Gasteiger partial charge on any atom is -0.466 e. The minimum absolute atomic E-state index is 0.00773. The molecule has 0 spiro atoms. The Morgan fingerprint density at radius 2 is 0.681 bits per heavy atom. The van der Waals surface area contributed by atoms with Crippen LogP contribution in [0.25, 0.3) is 0 Å². The molecule has 1 amide bonds. The highest BCUT2D eigenvalue weighted by molar-refractivity contribution is 5.76. The van der Waals surface area contributed by atoms with E-state index in [2.05, 4.69) is 31.3 Å². The van der Waals surface area contributed by atoms with E-state index in [-0.39, 0.29) is 18.5 Å². The van der Waals surface area contributed by atoms with Gasteiger partial charge in [0.1, 0.15) is 0 Å². The van der Waals surface area contributed by atoms with E-state index in [1.54, 1.807) is 6.08 Å². The molecule has 3 N–H and O–H groups in total. The molecule has 0 aliphatic carbocycles. The minimum atomic E-state index is -0.841. The molecule has 0 radical (unpaired) electrons. The molecule has 0 bridgehead atoms. The third kappa shape index (κ3) is 55.5. The highest BCUT2D eigenvalue weighted by Crippen LogP contribution is 2.18. The summed E-state index contributed by atoms with van der Waals surface area (Å²) in [6, 6.07) is -0.625. The molecule has 0 heterocycles. The lowest BCUT2D eigenvalue weighted by Crippen LogP contribution is -2.45. The van der Waals surface area contributed by atoms with Gasteiger partial charge in [-0.2, -0.15) is 0 Å². The fourth-order valence-corrected chi connectivity index (χ4v) is 9.69. The van der Waals surface area contributed by atoms with Crippen molar-refractivity contribution in [2.75, 3.05) is 13.2 Å². The molecule has 0 aromatic heterocycles. The maximum atomic E-state index is 12.4. The molecule has 2 unspecified atom stereocenters. The maximum Gasteiger partial charge on any atom is 0.305 e. The van der Waals surface area contributed by atoms with E-state index in [1.165, 1.54) is 270 Å². The molecule has 2 atom stereocenters. The second-order valence-corrected chi connectivity index (χ2v) is 21.4. The Morgan fingerprint density at radius 3 is 1.04 bits per heavy atom. The van der Waals surface area contributed by atoms with Crippen LogP contribution < -0.4 is 5.32 Å². The molecule has 0 saturated carbocycles. The molecule has 0 aromatic rings. The zero-order chi connectivity index (χ0) is 50.0. The van der Waals surface area contributed by atoms with Crippen molar-refractivity contribution in [3.63, 3.8) is 0 Å². The van der Waals surface area contributed by atoms with Crippen LogP contribution in [-0.4, -0.2) is 47.4 Å². The lowest BCUT2D eigenvalue weighted by Gasteiger charge is -2.20.